The number of sulfonamides is 2. The quantitative estimate of drug-likeness (QED) is 0.754. The molecule has 2 aromatic rings. The molecule has 0 saturated heterocycles. The second kappa shape index (κ2) is 8.32. The van der Waals surface area contributed by atoms with Gasteiger partial charge >= 0.3 is 0 Å². The molecule has 0 unspecified atom stereocenters. The highest BCUT2D eigenvalue weighted by Crippen LogP contribution is 2.18. The molecule has 26 heavy (non-hydrogen) atoms. The largest absolute Gasteiger partial charge is 0.242 e. The molecule has 2 aromatic carbocycles. The minimum absolute atomic E-state index is 0.0642. The Balaban J connectivity index is 2.17. The summed E-state index contributed by atoms with van der Waals surface area (Å²) in [4.78, 5) is 0.0642. The van der Waals surface area contributed by atoms with E-state index in [0.29, 0.717) is 16.1 Å². The number of benzene rings is 2. The summed E-state index contributed by atoms with van der Waals surface area (Å²) in [5.41, 5.74) is 1.04. The lowest BCUT2D eigenvalue weighted by atomic mass is 10.2. The van der Waals surface area contributed by atoms with Gasteiger partial charge < -0.3 is 0 Å². The van der Waals surface area contributed by atoms with E-state index < -0.39 is 20.0 Å². The summed E-state index contributed by atoms with van der Waals surface area (Å²) < 4.78 is 52.5. The third-order valence-corrected chi connectivity index (χ3v) is 6.71. The summed E-state index contributed by atoms with van der Waals surface area (Å²) >= 11 is 5.79. The van der Waals surface area contributed by atoms with Crippen molar-refractivity contribution in [2.75, 3.05) is 14.1 Å². The zero-order chi connectivity index (χ0) is 19.4. The predicted molar refractivity (Wildman–Crippen MR) is 104 cm³/mol. The molecule has 0 aromatic heterocycles. The fourth-order valence-corrected chi connectivity index (χ4v) is 4.10. The molecule has 0 aliphatic heterocycles. The first-order valence-corrected chi connectivity index (χ1v) is 10.9. The van der Waals surface area contributed by atoms with Crippen LogP contribution in [-0.2, 0) is 26.6 Å². The maximum absolute atomic E-state index is 12.3. The maximum atomic E-state index is 12.3. The topological polar surface area (TPSA) is 83.6 Å². The lowest BCUT2D eigenvalue weighted by molar-refractivity contribution is 0.519. The zero-order valence-electron chi connectivity index (χ0n) is 14.3. The normalized spacial score (nSPS) is 12.8. The molecule has 9 heteroatoms. The molecule has 0 aliphatic carbocycles. The standard InChI is InChI=1S/C17H19ClN2O4S2/c1-20(2)26(23,24)17-6-4-3-5-15(17)13-19-25(21,22)12-11-14-7-9-16(18)10-8-14/h3-12,19H,13H2,1-2H3/b12-11+. The van der Waals surface area contributed by atoms with Crippen molar-refractivity contribution >= 4 is 37.7 Å². The lowest BCUT2D eigenvalue weighted by Gasteiger charge is -2.15. The number of nitrogens with one attached hydrogen (secondary N) is 1. The highest BCUT2D eigenvalue weighted by atomic mass is 35.5. The van der Waals surface area contributed by atoms with Crippen LogP contribution in [0.3, 0.4) is 0 Å². The van der Waals surface area contributed by atoms with E-state index in [1.807, 2.05) is 0 Å². The third-order valence-electron chi connectivity index (χ3n) is 3.50. The van der Waals surface area contributed by atoms with Crippen LogP contribution >= 0.6 is 11.6 Å². The average molecular weight is 415 g/mol. The van der Waals surface area contributed by atoms with Crippen LogP contribution in [0.5, 0.6) is 0 Å². The Kier molecular flexibility index (Phi) is 6.59. The van der Waals surface area contributed by atoms with E-state index in [0.717, 1.165) is 9.71 Å². The van der Waals surface area contributed by atoms with Crippen molar-refractivity contribution in [1.29, 1.82) is 0 Å². The molecule has 2 rings (SSSR count). The Morgan fingerprint density at radius 1 is 1.00 bits per heavy atom. The Bertz CT molecular complexity index is 999. The summed E-state index contributed by atoms with van der Waals surface area (Å²) in [5.74, 6) is 0. The first kappa shape index (κ1) is 20.6. The van der Waals surface area contributed by atoms with Gasteiger partial charge in [-0.2, -0.15) is 0 Å². The molecule has 0 aliphatic rings. The molecule has 0 atom stereocenters. The van der Waals surface area contributed by atoms with Crippen LogP contribution in [0.4, 0.5) is 0 Å². The van der Waals surface area contributed by atoms with Gasteiger partial charge in [0.1, 0.15) is 0 Å². The van der Waals surface area contributed by atoms with Crippen LogP contribution in [0, 0.1) is 0 Å². The Morgan fingerprint density at radius 2 is 1.62 bits per heavy atom. The summed E-state index contributed by atoms with van der Waals surface area (Å²) in [6.07, 6.45) is 1.43. The Hall–Kier alpha value is -1.71. The van der Waals surface area contributed by atoms with Gasteiger partial charge in [0.15, 0.2) is 0 Å². The van der Waals surface area contributed by atoms with Gasteiger partial charge in [-0.15, -0.1) is 0 Å². The first-order chi connectivity index (χ1) is 12.1. The van der Waals surface area contributed by atoms with E-state index in [-0.39, 0.29) is 11.4 Å². The van der Waals surface area contributed by atoms with Gasteiger partial charge in [0.2, 0.25) is 20.0 Å². The summed E-state index contributed by atoms with van der Waals surface area (Å²) in [6, 6.07) is 13.0. The van der Waals surface area contributed by atoms with E-state index in [2.05, 4.69) is 4.72 Å². The molecule has 0 spiro atoms. The smallest absolute Gasteiger partial charge is 0.208 e. The summed E-state index contributed by atoms with van der Waals surface area (Å²) in [5, 5.41) is 1.58. The van der Waals surface area contributed by atoms with Crippen LogP contribution in [-0.4, -0.2) is 35.2 Å². The third kappa shape index (κ3) is 5.39. The van der Waals surface area contributed by atoms with Gasteiger partial charge in [-0.25, -0.2) is 25.9 Å². The predicted octanol–water partition coefficient (Wildman–Crippen LogP) is 2.68. The molecule has 0 bridgehead atoms. The van der Waals surface area contributed by atoms with Crippen molar-refractivity contribution in [1.82, 2.24) is 9.03 Å². The fraction of sp³-hybridized carbons (Fsp3) is 0.176. The van der Waals surface area contributed by atoms with Crippen molar-refractivity contribution in [3.63, 3.8) is 0 Å². The van der Waals surface area contributed by atoms with E-state index in [4.69, 9.17) is 11.6 Å². The molecule has 0 fully saturated rings. The molecule has 0 amide bonds. The maximum Gasteiger partial charge on any atom is 0.242 e. The first-order valence-electron chi connectivity index (χ1n) is 7.55. The molecular weight excluding hydrogens is 396 g/mol. The van der Waals surface area contributed by atoms with Gasteiger partial charge in [0, 0.05) is 31.1 Å². The molecule has 0 saturated carbocycles. The van der Waals surface area contributed by atoms with Gasteiger partial charge in [-0.05, 0) is 35.4 Å². The van der Waals surface area contributed by atoms with E-state index >= 15 is 0 Å². The Morgan fingerprint density at radius 3 is 2.23 bits per heavy atom. The number of hydrogen-bond acceptors (Lipinski definition) is 4. The number of rotatable bonds is 7. The monoisotopic (exact) mass is 414 g/mol. The van der Waals surface area contributed by atoms with Crippen molar-refractivity contribution in [2.45, 2.75) is 11.4 Å². The van der Waals surface area contributed by atoms with Crippen molar-refractivity contribution in [2.24, 2.45) is 0 Å². The summed E-state index contributed by atoms with van der Waals surface area (Å²) in [7, 11) is -4.57. The van der Waals surface area contributed by atoms with Crippen molar-refractivity contribution in [3.8, 4) is 0 Å². The number of nitrogens with zero attached hydrogens (tertiary/aromatic N) is 1. The fourth-order valence-electron chi connectivity index (χ4n) is 2.07. The molecule has 0 heterocycles. The number of hydrogen-bond donors (Lipinski definition) is 1. The van der Waals surface area contributed by atoms with E-state index in [1.54, 1.807) is 42.5 Å². The highest BCUT2D eigenvalue weighted by Gasteiger charge is 2.21. The SMILES string of the molecule is CN(C)S(=O)(=O)c1ccccc1CNS(=O)(=O)/C=C/c1ccc(Cl)cc1. The van der Waals surface area contributed by atoms with Crippen LogP contribution in [0.1, 0.15) is 11.1 Å². The second-order valence-electron chi connectivity index (χ2n) is 5.62. The van der Waals surface area contributed by atoms with Crippen LogP contribution < -0.4 is 4.72 Å². The van der Waals surface area contributed by atoms with Crippen molar-refractivity contribution in [3.05, 3.63) is 70.1 Å². The van der Waals surface area contributed by atoms with Gasteiger partial charge in [0.05, 0.1) is 4.90 Å². The van der Waals surface area contributed by atoms with E-state index in [1.165, 1.54) is 26.2 Å². The minimum Gasteiger partial charge on any atom is -0.208 e. The van der Waals surface area contributed by atoms with Gasteiger partial charge in [0.25, 0.3) is 0 Å². The van der Waals surface area contributed by atoms with Crippen LogP contribution in [0.15, 0.2) is 58.8 Å². The molecule has 6 nitrogen and oxygen atoms in total. The van der Waals surface area contributed by atoms with Crippen LogP contribution in [0.2, 0.25) is 5.02 Å². The number of halogens is 1. The second-order valence-corrected chi connectivity index (χ2v) is 9.82. The molecule has 140 valence electrons. The zero-order valence-corrected chi connectivity index (χ0v) is 16.6. The van der Waals surface area contributed by atoms with Gasteiger partial charge in [-0.3, -0.25) is 0 Å². The minimum atomic E-state index is -3.74. The van der Waals surface area contributed by atoms with E-state index in [9.17, 15) is 16.8 Å². The van der Waals surface area contributed by atoms with Crippen molar-refractivity contribution < 1.29 is 16.8 Å². The highest BCUT2D eigenvalue weighted by molar-refractivity contribution is 7.92. The average Bonchev–Trinajstić information content (AvgIpc) is 2.60. The molecular formula is C17H19ClN2O4S2. The van der Waals surface area contributed by atoms with Gasteiger partial charge in [-0.1, -0.05) is 41.9 Å². The molecule has 0 radical (unpaired) electrons. The molecule has 1 N–H and O–H groups in total. The van der Waals surface area contributed by atoms with Crippen LogP contribution in [0.25, 0.3) is 6.08 Å². The summed E-state index contributed by atoms with van der Waals surface area (Å²) in [6.45, 7) is -0.142. The Labute approximate surface area is 159 Å². The lowest BCUT2D eigenvalue weighted by Crippen LogP contribution is -2.26.